The van der Waals surface area contributed by atoms with E-state index in [9.17, 15) is 19.5 Å². The van der Waals surface area contributed by atoms with E-state index in [2.05, 4.69) is 84.9 Å². The van der Waals surface area contributed by atoms with Crippen molar-refractivity contribution in [3.8, 4) is 5.75 Å². The summed E-state index contributed by atoms with van der Waals surface area (Å²) in [6, 6.07) is 32.8. The van der Waals surface area contributed by atoms with Crippen LogP contribution in [0.15, 0.2) is 130 Å². The predicted octanol–water partition coefficient (Wildman–Crippen LogP) is 9.03. The minimum absolute atomic E-state index is 0.0632. The summed E-state index contributed by atoms with van der Waals surface area (Å²) in [6.45, 7) is 5.27. The van der Waals surface area contributed by atoms with Gasteiger partial charge in [-0.1, -0.05) is 91.0 Å². The topological polar surface area (TPSA) is 122 Å². The summed E-state index contributed by atoms with van der Waals surface area (Å²) < 4.78 is 30.7. The van der Waals surface area contributed by atoms with Gasteiger partial charge in [-0.3, -0.25) is 4.79 Å². The molecule has 9 rings (SSSR count). The Labute approximate surface area is 350 Å². The van der Waals surface area contributed by atoms with Crippen molar-refractivity contribution in [1.82, 2.24) is 0 Å². The lowest BCUT2D eigenvalue weighted by Gasteiger charge is -2.43. The molecular weight excluding hydrogens is 757 g/mol. The van der Waals surface area contributed by atoms with Crippen LogP contribution in [0.5, 0.6) is 5.75 Å². The number of carbonyl (C=O) groups excluding carboxylic acids is 2. The zero-order valence-corrected chi connectivity index (χ0v) is 34.6. The van der Waals surface area contributed by atoms with Crippen LogP contribution in [-0.4, -0.2) is 49.1 Å². The fourth-order valence-electron chi connectivity index (χ4n) is 9.08. The number of methoxy groups -OCH3 is 1. The fourth-order valence-corrected chi connectivity index (χ4v) is 9.08. The van der Waals surface area contributed by atoms with Gasteiger partial charge >= 0.3 is 17.6 Å². The van der Waals surface area contributed by atoms with Gasteiger partial charge in [0.15, 0.2) is 12.2 Å². The quantitative estimate of drug-likeness (QED) is 0.0743. The second-order valence-electron chi connectivity index (χ2n) is 16.9. The first-order valence-corrected chi connectivity index (χ1v) is 20.9. The van der Waals surface area contributed by atoms with Crippen molar-refractivity contribution in [1.29, 1.82) is 0 Å². The highest BCUT2D eigenvalue weighted by Gasteiger charge is 2.51. The zero-order valence-electron chi connectivity index (χ0n) is 34.6. The van der Waals surface area contributed by atoms with Gasteiger partial charge in [0.25, 0.3) is 0 Å². The summed E-state index contributed by atoms with van der Waals surface area (Å²) in [5.41, 5.74) is 5.82. The Balaban J connectivity index is 1.20. The largest absolute Gasteiger partial charge is 0.483 e. The number of hydrogen-bond donors (Lipinski definition) is 1. The molecule has 9 heteroatoms. The molecule has 0 amide bonds. The van der Waals surface area contributed by atoms with Gasteiger partial charge in [0.05, 0.1) is 18.8 Å². The first kappa shape index (κ1) is 41.0. The molecule has 5 unspecified atom stereocenters. The number of benzene rings is 4. The van der Waals surface area contributed by atoms with Crippen molar-refractivity contribution in [2.45, 2.75) is 88.9 Å². The van der Waals surface area contributed by atoms with Crippen molar-refractivity contribution in [2.24, 2.45) is 5.92 Å². The van der Waals surface area contributed by atoms with Gasteiger partial charge in [0, 0.05) is 48.3 Å². The molecule has 3 aliphatic heterocycles. The predicted molar refractivity (Wildman–Crippen MR) is 229 cm³/mol. The van der Waals surface area contributed by atoms with Gasteiger partial charge in [-0.25, -0.2) is 9.59 Å². The molecule has 9 nitrogen and oxygen atoms in total. The molecular formula is C51H52O9. The minimum atomic E-state index is -1.19. The molecule has 4 heterocycles. The van der Waals surface area contributed by atoms with Gasteiger partial charge in [-0.05, 0) is 104 Å². The first-order chi connectivity index (χ1) is 29.0. The lowest BCUT2D eigenvalue weighted by atomic mass is 9.72. The summed E-state index contributed by atoms with van der Waals surface area (Å²) in [5.74, 6) is -0.889. The Kier molecular flexibility index (Phi) is 11.9. The molecule has 0 saturated heterocycles. The van der Waals surface area contributed by atoms with Crippen molar-refractivity contribution in [2.75, 3.05) is 20.3 Å². The Morgan fingerprint density at radius 3 is 2.40 bits per heavy atom. The molecule has 1 aliphatic carbocycles. The molecule has 1 aromatic heterocycles. The minimum Gasteiger partial charge on any atom is -0.483 e. The summed E-state index contributed by atoms with van der Waals surface area (Å²) in [6.07, 6.45) is 4.99. The average molecular weight is 809 g/mol. The second-order valence-corrected chi connectivity index (χ2v) is 16.9. The van der Waals surface area contributed by atoms with Gasteiger partial charge < -0.3 is 28.5 Å². The number of allylic oxidation sites excluding steroid dienone is 2. The number of esters is 2. The number of aliphatic hydroxyl groups is 1. The molecule has 2 bridgehead atoms. The number of aryl methyl sites for hydroxylation is 1. The van der Waals surface area contributed by atoms with Crippen LogP contribution in [0, 0.1) is 5.92 Å². The van der Waals surface area contributed by atoms with Crippen LogP contribution in [0.4, 0.5) is 0 Å². The molecule has 5 aromatic rings. The molecule has 0 radical (unpaired) electrons. The van der Waals surface area contributed by atoms with E-state index in [4.69, 9.17) is 23.4 Å². The molecule has 4 aromatic carbocycles. The summed E-state index contributed by atoms with van der Waals surface area (Å²) in [4.78, 5) is 42.3. The molecule has 0 fully saturated rings. The van der Waals surface area contributed by atoms with E-state index in [-0.39, 0.29) is 36.4 Å². The maximum absolute atomic E-state index is 14.7. The molecule has 0 saturated carbocycles. The average Bonchev–Trinajstić information content (AvgIpc) is 3.24. The third kappa shape index (κ3) is 8.60. The van der Waals surface area contributed by atoms with Crippen molar-refractivity contribution < 1.29 is 38.1 Å². The number of hydrogen-bond acceptors (Lipinski definition) is 9. The highest BCUT2D eigenvalue weighted by molar-refractivity contribution is 5.90. The molecule has 1 N–H and O–H groups in total. The molecule has 0 spiro atoms. The summed E-state index contributed by atoms with van der Waals surface area (Å²) in [7, 11) is 1.57. The van der Waals surface area contributed by atoms with E-state index in [1.165, 1.54) is 16.7 Å². The van der Waals surface area contributed by atoms with E-state index < -0.39 is 35.4 Å². The Morgan fingerprint density at radius 2 is 1.63 bits per heavy atom. The van der Waals surface area contributed by atoms with Crippen molar-refractivity contribution in [3.05, 3.63) is 170 Å². The highest BCUT2D eigenvalue weighted by atomic mass is 16.6. The molecule has 4 aliphatic rings. The number of aliphatic hydroxyl groups excluding tert-OH is 1. The molecule has 310 valence electrons. The first-order valence-electron chi connectivity index (χ1n) is 20.9. The van der Waals surface area contributed by atoms with Crippen LogP contribution in [0.1, 0.15) is 96.9 Å². The SMILES string of the molecule is COCCc1cc2ccc3c(c2oc1=O)C1OC(=O)CC2CC(c4cccc(Cc5ccccc5)c4)C=CC2c2ccc(cc2)CCC(=C(C)CO)C(=O)OC1C(C)(C)O3. The standard InChI is InChI=1S/C51H52O9/c1-31(30-52)41-20-15-32-13-16-35(17-14-32)42-21-18-37(36-12-8-11-34(26-36)25-33-9-6-5-7-10-33)27-40(42)29-44(53)57-47-45-43(60-51(2,3)48(47)59-50(41)55)22-19-38-28-39(23-24-56-4)49(54)58-46(38)45/h5-14,16-19,21-22,26,28,37,40,42,47-48,52H,15,20,23-25,27,29-30H2,1-4H3. The number of ether oxygens (including phenoxy) is 4. The van der Waals surface area contributed by atoms with Gasteiger partial charge in [-0.2, -0.15) is 0 Å². The van der Waals surface area contributed by atoms with Crippen LogP contribution in [0.3, 0.4) is 0 Å². The van der Waals surface area contributed by atoms with Gasteiger partial charge in [0.1, 0.15) is 16.9 Å². The van der Waals surface area contributed by atoms with Crippen molar-refractivity contribution in [3.63, 3.8) is 0 Å². The highest BCUT2D eigenvalue weighted by Crippen LogP contribution is 2.48. The lowest BCUT2D eigenvalue weighted by molar-refractivity contribution is -0.188. The molecule has 5 atom stereocenters. The number of rotatable bonds is 7. The second kappa shape index (κ2) is 17.4. The van der Waals surface area contributed by atoms with E-state index in [0.717, 1.165) is 17.5 Å². The van der Waals surface area contributed by atoms with E-state index in [1.807, 2.05) is 6.07 Å². The smallest absolute Gasteiger partial charge is 0.339 e. The van der Waals surface area contributed by atoms with Crippen molar-refractivity contribution >= 4 is 22.9 Å². The summed E-state index contributed by atoms with van der Waals surface area (Å²) in [5, 5.41) is 10.8. The van der Waals surface area contributed by atoms with Crippen LogP contribution < -0.4 is 10.4 Å². The van der Waals surface area contributed by atoms with Crippen LogP contribution >= 0.6 is 0 Å². The zero-order chi connectivity index (χ0) is 42.0. The lowest BCUT2D eigenvalue weighted by Crippen LogP contribution is -2.52. The van der Waals surface area contributed by atoms with Crippen LogP contribution in [0.2, 0.25) is 0 Å². The van der Waals surface area contributed by atoms with Crippen LogP contribution in [-0.2, 0) is 43.1 Å². The summed E-state index contributed by atoms with van der Waals surface area (Å²) >= 11 is 0. The van der Waals surface area contributed by atoms with E-state index in [0.29, 0.717) is 65.7 Å². The Morgan fingerprint density at radius 1 is 0.850 bits per heavy atom. The molecule has 60 heavy (non-hydrogen) atoms. The maximum atomic E-state index is 14.7. The van der Waals surface area contributed by atoms with E-state index >= 15 is 0 Å². The van der Waals surface area contributed by atoms with Gasteiger partial charge in [0.2, 0.25) is 0 Å². The fraction of sp³-hybridized carbons (Fsp3) is 0.353. The van der Waals surface area contributed by atoms with Crippen LogP contribution in [0.25, 0.3) is 11.0 Å². The number of carbonyl (C=O) groups is 2. The normalized spacial score (nSPS) is 23.4. The van der Waals surface area contributed by atoms with E-state index in [1.54, 1.807) is 46.1 Å². The maximum Gasteiger partial charge on any atom is 0.339 e. The monoisotopic (exact) mass is 808 g/mol. The third-order valence-electron chi connectivity index (χ3n) is 12.4. The third-order valence-corrected chi connectivity index (χ3v) is 12.4. The Bertz CT molecular complexity index is 2490. The Hall–Kier alpha value is -5.77. The van der Waals surface area contributed by atoms with Gasteiger partial charge in [-0.15, -0.1) is 0 Å². The number of fused-ring (bicyclic) bond motifs is 11.